The van der Waals surface area contributed by atoms with Gasteiger partial charge in [-0.3, -0.25) is 0 Å². The Kier molecular flexibility index (Phi) is 3.60. The minimum Gasteiger partial charge on any atom is -0.443 e. The number of piperidine rings is 1. The van der Waals surface area contributed by atoms with Crippen molar-refractivity contribution in [3.05, 3.63) is 12.4 Å². The number of amides is 1. The molecular formula is C11H16N4O2S. The van der Waals surface area contributed by atoms with Gasteiger partial charge in [0.05, 0.1) is 12.4 Å². The Morgan fingerprint density at radius 2 is 2.11 bits per heavy atom. The van der Waals surface area contributed by atoms with Crippen molar-refractivity contribution in [2.45, 2.75) is 30.4 Å². The fourth-order valence-corrected chi connectivity index (χ4v) is 2.15. The number of nitrogens with two attached hydrogens (primary N) is 1. The molecule has 6 nitrogen and oxygen atoms in total. The lowest BCUT2D eigenvalue weighted by atomic mass is 9.93. The molecule has 0 bridgehead atoms. The minimum atomic E-state index is -0.717. The molecule has 7 heteroatoms. The summed E-state index contributed by atoms with van der Waals surface area (Å²) in [5.41, 5.74) is 4.59. The molecule has 0 spiro atoms. The Labute approximate surface area is 111 Å². The molecular weight excluding hydrogens is 252 g/mol. The maximum Gasteiger partial charge on any atom is 0.405 e. The number of hydrogen-bond donors (Lipinski definition) is 2. The van der Waals surface area contributed by atoms with Crippen LogP contribution >= 0.6 is 12.6 Å². The van der Waals surface area contributed by atoms with Gasteiger partial charge in [-0.2, -0.15) is 0 Å². The SMILES string of the molecule is CC1(OC(N)=O)CCN(c2cnc(S)cn2)CC1. The van der Waals surface area contributed by atoms with Crippen LogP contribution in [0.25, 0.3) is 0 Å². The van der Waals surface area contributed by atoms with Crippen LogP contribution in [0.4, 0.5) is 10.6 Å². The topological polar surface area (TPSA) is 81.3 Å². The molecule has 0 aromatic carbocycles. The van der Waals surface area contributed by atoms with E-state index in [9.17, 15) is 4.79 Å². The Morgan fingerprint density at radius 3 is 2.61 bits per heavy atom. The first-order valence-corrected chi connectivity index (χ1v) is 6.18. The summed E-state index contributed by atoms with van der Waals surface area (Å²) >= 11 is 4.10. The lowest BCUT2D eigenvalue weighted by Crippen LogP contribution is -2.46. The number of rotatable bonds is 2. The predicted octanol–water partition coefficient (Wildman–Crippen LogP) is 1.22. The second kappa shape index (κ2) is 5.01. The Hall–Kier alpha value is -1.50. The van der Waals surface area contributed by atoms with E-state index in [0.717, 1.165) is 31.7 Å². The van der Waals surface area contributed by atoms with E-state index in [1.807, 2.05) is 6.92 Å². The number of aromatic nitrogens is 2. The van der Waals surface area contributed by atoms with Gasteiger partial charge >= 0.3 is 6.09 Å². The Morgan fingerprint density at radius 1 is 1.44 bits per heavy atom. The third-order valence-corrected chi connectivity index (χ3v) is 3.35. The zero-order valence-electron chi connectivity index (χ0n) is 10.2. The molecule has 1 aliphatic rings. The van der Waals surface area contributed by atoms with Gasteiger partial charge < -0.3 is 15.4 Å². The molecule has 0 saturated carbocycles. The van der Waals surface area contributed by atoms with E-state index in [0.29, 0.717) is 5.03 Å². The van der Waals surface area contributed by atoms with Crippen molar-refractivity contribution in [3.63, 3.8) is 0 Å². The van der Waals surface area contributed by atoms with Gasteiger partial charge in [0.15, 0.2) is 0 Å². The number of nitrogens with zero attached hydrogens (tertiary/aromatic N) is 3. The number of thiol groups is 1. The molecule has 2 N–H and O–H groups in total. The Balaban J connectivity index is 1.98. The summed E-state index contributed by atoms with van der Waals surface area (Å²) in [6.07, 6.45) is 4.04. The third kappa shape index (κ3) is 3.04. The second-order valence-corrected chi connectivity index (χ2v) is 5.05. The molecule has 1 aliphatic heterocycles. The second-order valence-electron chi connectivity index (χ2n) is 4.59. The molecule has 0 aliphatic carbocycles. The quantitative estimate of drug-likeness (QED) is 0.788. The standard InChI is InChI=1S/C11H16N4O2S/c1-11(17-10(12)16)2-4-15(5-3-11)8-6-14-9(18)7-13-8/h6-7H,2-5H2,1H3,(H2,12,16)(H,14,18). The smallest absolute Gasteiger partial charge is 0.405 e. The van der Waals surface area contributed by atoms with Crippen LogP contribution in [0.5, 0.6) is 0 Å². The predicted molar refractivity (Wildman–Crippen MR) is 69.8 cm³/mol. The summed E-state index contributed by atoms with van der Waals surface area (Å²) < 4.78 is 5.15. The van der Waals surface area contributed by atoms with Gasteiger partial charge in [-0.25, -0.2) is 14.8 Å². The third-order valence-electron chi connectivity index (χ3n) is 3.12. The average molecular weight is 268 g/mol. The molecule has 0 unspecified atom stereocenters. The normalized spacial score (nSPS) is 18.4. The van der Waals surface area contributed by atoms with Gasteiger partial charge in [0.2, 0.25) is 0 Å². The van der Waals surface area contributed by atoms with Gasteiger partial charge in [-0.05, 0) is 6.92 Å². The van der Waals surface area contributed by atoms with Crippen LogP contribution in [0.1, 0.15) is 19.8 Å². The van der Waals surface area contributed by atoms with Crippen LogP contribution in [0, 0.1) is 0 Å². The molecule has 1 aromatic heterocycles. The number of anilines is 1. The highest BCUT2D eigenvalue weighted by atomic mass is 32.1. The van der Waals surface area contributed by atoms with E-state index in [4.69, 9.17) is 10.5 Å². The van der Waals surface area contributed by atoms with E-state index < -0.39 is 11.7 Å². The average Bonchev–Trinajstić information content (AvgIpc) is 2.30. The summed E-state index contributed by atoms with van der Waals surface area (Å²) in [6.45, 7) is 3.41. The first-order chi connectivity index (χ1) is 8.48. The van der Waals surface area contributed by atoms with Crippen LogP contribution in [-0.4, -0.2) is 34.8 Å². The summed E-state index contributed by atoms with van der Waals surface area (Å²) in [6, 6.07) is 0. The molecule has 98 valence electrons. The highest BCUT2D eigenvalue weighted by Gasteiger charge is 2.33. The van der Waals surface area contributed by atoms with Crippen molar-refractivity contribution in [3.8, 4) is 0 Å². The van der Waals surface area contributed by atoms with Crippen molar-refractivity contribution >= 4 is 24.5 Å². The number of primary amides is 1. The van der Waals surface area contributed by atoms with Crippen LogP contribution in [0.2, 0.25) is 0 Å². The van der Waals surface area contributed by atoms with Crippen molar-refractivity contribution in [2.75, 3.05) is 18.0 Å². The minimum absolute atomic E-state index is 0.473. The molecule has 0 radical (unpaired) electrons. The zero-order chi connectivity index (χ0) is 13.2. The summed E-state index contributed by atoms with van der Waals surface area (Å²) in [5.74, 6) is 0.814. The molecule has 1 saturated heterocycles. The van der Waals surface area contributed by atoms with Crippen LogP contribution in [0.15, 0.2) is 17.4 Å². The van der Waals surface area contributed by atoms with E-state index in [-0.39, 0.29) is 0 Å². The monoisotopic (exact) mass is 268 g/mol. The van der Waals surface area contributed by atoms with Crippen molar-refractivity contribution in [1.29, 1.82) is 0 Å². The molecule has 1 fully saturated rings. The molecule has 1 aromatic rings. The van der Waals surface area contributed by atoms with Crippen LogP contribution in [-0.2, 0) is 4.74 Å². The first kappa shape index (κ1) is 12.9. The van der Waals surface area contributed by atoms with Crippen LogP contribution in [0.3, 0.4) is 0 Å². The zero-order valence-corrected chi connectivity index (χ0v) is 11.1. The van der Waals surface area contributed by atoms with Crippen molar-refractivity contribution in [1.82, 2.24) is 9.97 Å². The fraction of sp³-hybridized carbons (Fsp3) is 0.545. The van der Waals surface area contributed by atoms with Gasteiger partial charge in [0.1, 0.15) is 16.4 Å². The van der Waals surface area contributed by atoms with Crippen LogP contribution < -0.4 is 10.6 Å². The maximum atomic E-state index is 10.8. The van der Waals surface area contributed by atoms with Gasteiger partial charge in [-0.1, -0.05) is 0 Å². The van der Waals surface area contributed by atoms with Crippen molar-refractivity contribution < 1.29 is 9.53 Å². The van der Waals surface area contributed by atoms with E-state index in [1.165, 1.54) is 0 Å². The van der Waals surface area contributed by atoms with E-state index >= 15 is 0 Å². The summed E-state index contributed by atoms with van der Waals surface area (Å²) in [5, 5.41) is 0.595. The Bertz CT molecular complexity index is 429. The highest BCUT2D eigenvalue weighted by molar-refractivity contribution is 7.80. The fourth-order valence-electron chi connectivity index (χ4n) is 2.03. The molecule has 1 amide bonds. The molecule has 0 atom stereocenters. The number of carbonyl (C=O) groups excluding carboxylic acids is 1. The first-order valence-electron chi connectivity index (χ1n) is 5.73. The summed E-state index contributed by atoms with van der Waals surface area (Å²) in [4.78, 5) is 21.3. The lowest BCUT2D eigenvalue weighted by molar-refractivity contribution is 0.0126. The highest BCUT2D eigenvalue weighted by Crippen LogP contribution is 2.27. The van der Waals surface area contributed by atoms with Crippen molar-refractivity contribution in [2.24, 2.45) is 5.73 Å². The van der Waals surface area contributed by atoms with Gasteiger partial charge in [-0.15, -0.1) is 12.6 Å². The van der Waals surface area contributed by atoms with Gasteiger partial charge in [0.25, 0.3) is 0 Å². The maximum absolute atomic E-state index is 10.8. The molecule has 18 heavy (non-hydrogen) atoms. The lowest BCUT2D eigenvalue weighted by Gasteiger charge is -2.38. The molecule has 2 heterocycles. The van der Waals surface area contributed by atoms with E-state index in [2.05, 4.69) is 27.5 Å². The number of ether oxygens (including phenoxy) is 1. The molecule has 2 rings (SSSR count). The largest absolute Gasteiger partial charge is 0.443 e. The number of carbonyl (C=O) groups is 1. The number of hydrogen-bond acceptors (Lipinski definition) is 6. The summed E-state index contributed by atoms with van der Waals surface area (Å²) in [7, 11) is 0. The van der Waals surface area contributed by atoms with E-state index in [1.54, 1.807) is 12.4 Å². The van der Waals surface area contributed by atoms with Gasteiger partial charge in [0, 0.05) is 25.9 Å².